The van der Waals surface area contributed by atoms with Crippen molar-refractivity contribution in [2.45, 2.75) is 19.8 Å². The van der Waals surface area contributed by atoms with Gasteiger partial charge >= 0.3 is 5.97 Å². The molecule has 0 saturated carbocycles. The quantitative estimate of drug-likeness (QED) is 0.686. The van der Waals surface area contributed by atoms with Gasteiger partial charge in [0.25, 0.3) is 0 Å². The number of rotatable bonds is 4. The van der Waals surface area contributed by atoms with Crippen LogP contribution >= 0.6 is 27.3 Å². The Morgan fingerprint density at radius 2 is 2.39 bits per heavy atom. The lowest BCUT2D eigenvalue weighted by Gasteiger charge is -2.05. The lowest BCUT2D eigenvalue weighted by molar-refractivity contribution is 0.0489. The summed E-state index contributed by atoms with van der Waals surface area (Å²) in [5.74, 6) is -0.683. The van der Waals surface area contributed by atoms with Crippen molar-refractivity contribution in [1.82, 2.24) is 4.98 Å². The van der Waals surface area contributed by atoms with Crippen molar-refractivity contribution in [2.75, 3.05) is 6.61 Å². The summed E-state index contributed by atoms with van der Waals surface area (Å²) in [6.07, 6.45) is 3.32. The highest BCUT2D eigenvalue weighted by Gasteiger charge is 2.18. The summed E-state index contributed by atoms with van der Waals surface area (Å²) in [5, 5.41) is 10.8. The highest BCUT2D eigenvalue weighted by Crippen LogP contribution is 2.36. The molecule has 0 radical (unpaired) electrons. The van der Waals surface area contributed by atoms with E-state index in [2.05, 4.69) is 20.9 Å². The van der Waals surface area contributed by atoms with Gasteiger partial charge in [0.1, 0.15) is 0 Å². The number of carbonyl (C=O) groups is 1. The van der Waals surface area contributed by atoms with Gasteiger partial charge in [-0.2, -0.15) is 0 Å². The van der Waals surface area contributed by atoms with Gasteiger partial charge in [-0.05, 0) is 28.4 Å². The topological polar surface area (TPSA) is 59.4 Å². The highest BCUT2D eigenvalue weighted by molar-refractivity contribution is 9.11. The van der Waals surface area contributed by atoms with E-state index in [4.69, 9.17) is 4.74 Å². The molecule has 0 bridgehead atoms. The maximum Gasteiger partial charge on any atom is 0.360 e. The van der Waals surface area contributed by atoms with Crippen LogP contribution < -0.4 is 0 Å². The molecule has 0 fully saturated rings. The molecule has 2 aromatic heterocycles. The Bertz CT molecular complexity index is 582. The molecule has 0 aliphatic carbocycles. The van der Waals surface area contributed by atoms with E-state index in [1.165, 1.54) is 11.3 Å². The molecule has 2 heterocycles. The van der Waals surface area contributed by atoms with E-state index in [-0.39, 0.29) is 11.4 Å². The van der Waals surface area contributed by atoms with Crippen molar-refractivity contribution in [3.8, 4) is 5.75 Å². The van der Waals surface area contributed by atoms with E-state index in [0.29, 0.717) is 11.3 Å². The predicted molar refractivity (Wildman–Crippen MR) is 74.2 cm³/mol. The first kappa shape index (κ1) is 13.3. The zero-order valence-electron chi connectivity index (χ0n) is 9.77. The van der Waals surface area contributed by atoms with Crippen molar-refractivity contribution in [3.05, 3.63) is 21.7 Å². The number of carbonyl (C=O) groups excluding carboxylic acids is 1. The number of pyridine rings is 1. The monoisotopic (exact) mass is 329 g/mol. The van der Waals surface area contributed by atoms with Gasteiger partial charge < -0.3 is 9.84 Å². The molecule has 0 aliphatic rings. The van der Waals surface area contributed by atoms with Crippen molar-refractivity contribution >= 4 is 43.3 Å². The number of hydrogen-bond acceptors (Lipinski definition) is 5. The fourth-order valence-electron chi connectivity index (χ4n) is 1.48. The third-order valence-corrected chi connectivity index (χ3v) is 4.09. The molecular weight excluding hydrogens is 318 g/mol. The maximum atomic E-state index is 11.7. The van der Waals surface area contributed by atoms with Crippen molar-refractivity contribution < 1.29 is 14.6 Å². The van der Waals surface area contributed by atoms with Gasteiger partial charge in [0.15, 0.2) is 11.4 Å². The zero-order valence-corrected chi connectivity index (χ0v) is 12.2. The first-order chi connectivity index (χ1) is 8.63. The molecule has 0 spiro atoms. The van der Waals surface area contributed by atoms with Crippen LogP contribution in [0.25, 0.3) is 10.1 Å². The Balaban J connectivity index is 2.28. The van der Waals surface area contributed by atoms with E-state index >= 15 is 0 Å². The minimum Gasteiger partial charge on any atom is -0.504 e. The number of thiophene rings is 1. The Morgan fingerprint density at radius 1 is 1.61 bits per heavy atom. The summed E-state index contributed by atoms with van der Waals surface area (Å²) in [6.45, 7) is 2.36. The number of hydrogen-bond donors (Lipinski definition) is 1. The second-order valence-electron chi connectivity index (χ2n) is 3.78. The molecule has 0 aromatic carbocycles. The summed E-state index contributed by atoms with van der Waals surface area (Å²) in [4.78, 5) is 15.7. The standard InChI is InChI=1S/C12H12BrNO3S/c1-2-3-4-17-12(16)9-10(15)11-7(6-14-9)5-8(13)18-11/h5-6,15H,2-4H2,1H3. The molecule has 4 nitrogen and oxygen atoms in total. The van der Waals surface area contributed by atoms with E-state index in [1.807, 2.05) is 13.0 Å². The predicted octanol–water partition coefficient (Wildman–Crippen LogP) is 3.72. The molecule has 96 valence electrons. The number of aromatic hydroxyl groups is 1. The fraction of sp³-hybridized carbons (Fsp3) is 0.333. The largest absolute Gasteiger partial charge is 0.504 e. The van der Waals surface area contributed by atoms with Crippen LogP contribution in [0.4, 0.5) is 0 Å². The minimum absolute atomic E-state index is 0.0204. The second-order valence-corrected chi connectivity index (χ2v) is 6.21. The number of aromatic nitrogens is 1. The van der Waals surface area contributed by atoms with Crippen molar-refractivity contribution in [1.29, 1.82) is 0 Å². The molecule has 0 amide bonds. The number of fused-ring (bicyclic) bond motifs is 1. The van der Waals surface area contributed by atoms with Crippen LogP contribution in [-0.4, -0.2) is 22.7 Å². The smallest absolute Gasteiger partial charge is 0.360 e. The molecule has 0 unspecified atom stereocenters. The van der Waals surface area contributed by atoms with Gasteiger partial charge in [-0.15, -0.1) is 11.3 Å². The first-order valence-corrected chi connectivity index (χ1v) is 7.18. The van der Waals surface area contributed by atoms with Crippen LogP contribution in [-0.2, 0) is 4.74 Å². The molecule has 6 heteroatoms. The molecule has 0 atom stereocenters. The van der Waals surface area contributed by atoms with Crippen LogP contribution in [0.3, 0.4) is 0 Å². The molecule has 2 aromatic rings. The summed E-state index contributed by atoms with van der Waals surface area (Å²) >= 11 is 4.69. The molecule has 18 heavy (non-hydrogen) atoms. The fourth-order valence-corrected chi connectivity index (χ4v) is 3.02. The molecule has 0 saturated heterocycles. The number of halogens is 1. The third-order valence-electron chi connectivity index (χ3n) is 2.43. The average molecular weight is 330 g/mol. The van der Waals surface area contributed by atoms with E-state index in [0.717, 1.165) is 22.0 Å². The van der Waals surface area contributed by atoms with E-state index in [1.54, 1.807) is 6.20 Å². The van der Waals surface area contributed by atoms with Gasteiger partial charge in [0.2, 0.25) is 0 Å². The zero-order chi connectivity index (χ0) is 13.1. The van der Waals surface area contributed by atoms with Gasteiger partial charge in [0.05, 0.1) is 15.1 Å². The van der Waals surface area contributed by atoms with Gasteiger partial charge in [-0.25, -0.2) is 9.78 Å². The van der Waals surface area contributed by atoms with Crippen LogP contribution in [0.15, 0.2) is 16.0 Å². The summed E-state index contributed by atoms with van der Waals surface area (Å²) in [6, 6.07) is 1.85. The Labute approximate surface area is 117 Å². The number of esters is 1. The van der Waals surface area contributed by atoms with Gasteiger partial charge in [-0.3, -0.25) is 0 Å². The van der Waals surface area contributed by atoms with Crippen LogP contribution in [0.1, 0.15) is 30.3 Å². The Kier molecular flexibility index (Phi) is 4.19. The second kappa shape index (κ2) is 5.67. The van der Waals surface area contributed by atoms with Crippen molar-refractivity contribution in [2.24, 2.45) is 0 Å². The van der Waals surface area contributed by atoms with E-state index in [9.17, 15) is 9.90 Å². The summed E-state index contributed by atoms with van der Waals surface area (Å²) < 4.78 is 6.56. The summed E-state index contributed by atoms with van der Waals surface area (Å²) in [7, 11) is 0. The van der Waals surface area contributed by atoms with E-state index < -0.39 is 5.97 Å². The number of ether oxygens (including phenoxy) is 1. The first-order valence-electron chi connectivity index (χ1n) is 5.57. The van der Waals surface area contributed by atoms with Crippen molar-refractivity contribution in [3.63, 3.8) is 0 Å². The number of unbranched alkanes of at least 4 members (excludes halogenated alkanes) is 1. The Morgan fingerprint density at radius 3 is 3.11 bits per heavy atom. The van der Waals surface area contributed by atoms with Crippen LogP contribution in [0, 0.1) is 0 Å². The molecule has 2 rings (SSSR count). The lowest BCUT2D eigenvalue weighted by Crippen LogP contribution is -2.08. The normalized spacial score (nSPS) is 10.8. The average Bonchev–Trinajstić information content (AvgIpc) is 2.71. The summed E-state index contributed by atoms with van der Waals surface area (Å²) in [5.41, 5.74) is -0.0204. The van der Waals surface area contributed by atoms with Crippen LogP contribution in [0.2, 0.25) is 0 Å². The minimum atomic E-state index is -0.577. The van der Waals surface area contributed by atoms with Gasteiger partial charge in [0, 0.05) is 11.6 Å². The molecule has 1 N–H and O–H groups in total. The molecular formula is C12H12BrNO3S. The third kappa shape index (κ3) is 2.64. The van der Waals surface area contributed by atoms with Crippen LogP contribution in [0.5, 0.6) is 5.75 Å². The Hall–Kier alpha value is -1.14. The van der Waals surface area contributed by atoms with Gasteiger partial charge in [-0.1, -0.05) is 13.3 Å². The highest BCUT2D eigenvalue weighted by atomic mass is 79.9. The SMILES string of the molecule is CCCCOC(=O)c1ncc2cc(Br)sc2c1O. The number of nitrogens with zero attached hydrogens (tertiary/aromatic N) is 1. The maximum absolute atomic E-state index is 11.7. The molecule has 0 aliphatic heterocycles. The lowest BCUT2D eigenvalue weighted by atomic mass is 10.2.